The highest BCUT2D eigenvalue weighted by atomic mass is 79.9. The fraction of sp³-hybridized carbons (Fsp3) is 0.429. The van der Waals surface area contributed by atoms with Crippen molar-refractivity contribution in [2.24, 2.45) is 0 Å². The van der Waals surface area contributed by atoms with Crippen LogP contribution < -0.4 is 5.32 Å². The average molecular weight is 325 g/mol. The number of amides is 2. The van der Waals surface area contributed by atoms with E-state index < -0.39 is 0 Å². The maximum Gasteiger partial charge on any atom is 0.253 e. The highest BCUT2D eigenvalue weighted by Crippen LogP contribution is 2.20. The molecule has 19 heavy (non-hydrogen) atoms. The van der Waals surface area contributed by atoms with Crippen LogP contribution in [-0.2, 0) is 4.79 Å². The van der Waals surface area contributed by atoms with E-state index in [4.69, 9.17) is 0 Å². The van der Waals surface area contributed by atoms with Crippen molar-refractivity contribution in [1.82, 2.24) is 10.2 Å². The molecule has 1 unspecified atom stereocenters. The summed E-state index contributed by atoms with van der Waals surface area (Å²) in [5.74, 6) is -0.0118. The molecule has 1 N–H and O–H groups in total. The highest BCUT2D eigenvalue weighted by Gasteiger charge is 2.27. The molecule has 102 valence electrons. The summed E-state index contributed by atoms with van der Waals surface area (Å²) in [6.07, 6.45) is 0.820. The van der Waals surface area contributed by atoms with E-state index in [2.05, 4.69) is 21.2 Å². The van der Waals surface area contributed by atoms with Gasteiger partial charge in [-0.2, -0.15) is 0 Å². The van der Waals surface area contributed by atoms with Crippen molar-refractivity contribution >= 4 is 27.7 Å². The minimum absolute atomic E-state index is 0.0310. The van der Waals surface area contributed by atoms with Crippen LogP contribution >= 0.6 is 15.9 Å². The monoisotopic (exact) mass is 324 g/mol. The molecule has 1 heterocycles. The molecule has 0 saturated carbocycles. The lowest BCUT2D eigenvalue weighted by Crippen LogP contribution is -2.37. The first kappa shape index (κ1) is 14.1. The predicted molar refractivity (Wildman–Crippen MR) is 77.0 cm³/mol. The summed E-state index contributed by atoms with van der Waals surface area (Å²) in [6.45, 7) is 4.75. The van der Waals surface area contributed by atoms with Gasteiger partial charge in [0.25, 0.3) is 5.91 Å². The van der Waals surface area contributed by atoms with Crippen molar-refractivity contribution in [2.75, 3.05) is 13.1 Å². The number of likely N-dealkylation sites (tertiary alicyclic amines) is 1. The molecule has 5 heteroatoms. The maximum absolute atomic E-state index is 12.3. The smallest absolute Gasteiger partial charge is 0.253 e. The van der Waals surface area contributed by atoms with Crippen LogP contribution in [0.1, 0.15) is 29.3 Å². The first-order chi connectivity index (χ1) is 8.97. The molecule has 0 radical (unpaired) electrons. The third-order valence-electron chi connectivity index (χ3n) is 3.29. The van der Waals surface area contributed by atoms with E-state index in [1.807, 2.05) is 25.1 Å². The van der Waals surface area contributed by atoms with Crippen molar-refractivity contribution in [1.29, 1.82) is 0 Å². The molecule has 1 aliphatic rings. The SMILES string of the molecule is CC(=O)NC1CCN(C(=O)c2ccc(Br)c(C)c2)C1. The number of hydrogen-bond acceptors (Lipinski definition) is 2. The molecule has 0 aliphatic carbocycles. The van der Waals surface area contributed by atoms with Crippen molar-refractivity contribution in [3.05, 3.63) is 33.8 Å². The van der Waals surface area contributed by atoms with Gasteiger partial charge in [-0.3, -0.25) is 9.59 Å². The summed E-state index contributed by atoms with van der Waals surface area (Å²) in [6, 6.07) is 5.69. The van der Waals surface area contributed by atoms with Gasteiger partial charge < -0.3 is 10.2 Å². The van der Waals surface area contributed by atoms with E-state index in [1.54, 1.807) is 4.90 Å². The second-order valence-electron chi connectivity index (χ2n) is 4.90. The number of hydrogen-bond donors (Lipinski definition) is 1. The molecule has 1 saturated heterocycles. The third kappa shape index (κ3) is 3.35. The fourth-order valence-electron chi connectivity index (χ4n) is 2.31. The largest absolute Gasteiger partial charge is 0.352 e. The highest BCUT2D eigenvalue weighted by molar-refractivity contribution is 9.10. The van der Waals surface area contributed by atoms with E-state index in [0.717, 1.165) is 16.5 Å². The van der Waals surface area contributed by atoms with Gasteiger partial charge in [-0.1, -0.05) is 15.9 Å². The normalized spacial score (nSPS) is 18.5. The van der Waals surface area contributed by atoms with Gasteiger partial charge in [-0.15, -0.1) is 0 Å². The van der Waals surface area contributed by atoms with Gasteiger partial charge in [0.05, 0.1) is 0 Å². The van der Waals surface area contributed by atoms with Crippen LogP contribution in [0, 0.1) is 6.92 Å². The number of nitrogens with one attached hydrogen (secondary N) is 1. The topological polar surface area (TPSA) is 49.4 Å². The lowest BCUT2D eigenvalue weighted by Gasteiger charge is -2.17. The molecule has 1 atom stereocenters. The molecule has 1 fully saturated rings. The average Bonchev–Trinajstić information content (AvgIpc) is 2.79. The van der Waals surface area contributed by atoms with E-state index in [-0.39, 0.29) is 17.9 Å². The second-order valence-corrected chi connectivity index (χ2v) is 5.76. The van der Waals surface area contributed by atoms with E-state index in [9.17, 15) is 9.59 Å². The number of carbonyl (C=O) groups excluding carboxylic acids is 2. The molecule has 0 spiro atoms. The maximum atomic E-state index is 12.3. The quantitative estimate of drug-likeness (QED) is 0.905. The van der Waals surface area contributed by atoms with Crippen LogP contribution in [0.25, 0.3) is 0 Å². The summed E-state index contributed by atoms with van der Waals surface area (Å²) in [5.41, 5.74) is 1.74. The van der Waals surface area contributed by atoms with Crippen molar-refractivity contribution < 1.29 is 9.59 Å². The van der Waals surface area contributed by atoms with Crippen LogP contribution in [0.3, 0.4) is 0 Å². The first-order valence-corrected chi connectivity index (χ1v) is 7.09. The Morgan fingerprint density at radius 2 is 2.16 bits per heavy atom. The van der Waals surface area contributed by atoms with Crippen LogP contribution in [-0.4, -0.2) is 35.8 Å². The lowest BCUT2D eigenvalue weighted by molar-refractivity contribution is -0.119. The summed E-state index contributed by atoms with van der Waals surface area (Å²) in [5, 5.41) is 2.86. The number of aryl methyl sites for hydroxylation is 1. The van der Waals surface area contributed by atoms with Crippen LogP contribution in [0.5, 0.6) is 0 Å². The Morgan fingerprint density at radius 3 is 2.79 bits per heavy atom. The van der Waals surface area contributed by atoms with E-state index in [1.165, 1.54) is 6.92 Å². The molecular weight excluding hydrogens is 308 g/mol. The number of nitrogens with zero attached hydrogens (tertiary/aromatic N) is 1. The number of rotatable bonds is 2. The molecule has 1 aromatic rings. The summed E-state index contributed by atoms with van der Waals surface area (Å²) in [7, 11) is 0. The van der Waals surface area contributed by atoms with Gasteiger partial charge in [-0.25, -0.2) is 0 Å². The Hall–Kier alpha value is -1.36. The van der Waals surface area contributed by atoms with Crippen molar-refractivity contribution in [3.63, 3.8) is 0 Å². The molecule has 1 aromatic carbocycles. The van der Waals surface area contributed by atoms with Gasteiger partial charge >= 0.3 is 0 Å². The molecular formula is C14H17BrN2O2. The zero-order valence-corrected chi connectivity index (χ0v) is 12.7. The summed E-state index contributed by atoms with van der Waals surface area (Å²) in [4.78, 5) is 25.1. The van der Waals surface area contributed by atoms with Gasteiger partial charge in [-0.05, 0) is 37.1 Å². The Kier molecular flexibility index (Phi) is 4.24. The Balaban J connectivity index is 2.04. The minimum atomic E-state index is -0.0428. The van der Waals surface area contributed by atoms with Crippen LogP contribution in [0.15, 0.2) is 22.7 Å². The Morgan fingerprint density at radius 1 is 1.42 bits per heavy atom. The number of benzene rings is 1. The van der Waals surface area contributed by atoms with E-state index in [0.29, 0.717) is 18.7 Å². The van der Waals surface area contributed by atoms with Gasteiger partial charge in [0.2, 0.25) is 5.91 Å². The third-order valence-corrected chi connectivity index (χ3v) is 4.18. The Labute approximate surface area is 121 Å². The van der Waals surface area contributed by atoms with Crippen LogP contribution in [0.2, 0.25) is 0 Å². The standard InChI is InChI=1S/C14H17BrN2O2/c1-9-7-11(3-4-13(9)15)14(19)17-6-5-12(8-17)16-10(2)18/h3-4,7,12H,5-6,8H2,1-2H3,(H,16,18). The van der Waals surface area contributed by atoms with Crippen molar-refractivity contribution in [2.45, 2.75) is 26.3 Å². The van der Waals surface area contributed by atoms with Gasteiger partial charge in [0.15, 0.2) is 0 Å². The van der Waals surface area contributed by atoms with Crippen LogP contribution in [0.4, 0.5) is 0 Å². The molecule has 0 bridgehead atoms. The summed E-state index contributed by atoms with van der Waals surface area (Å²) < 4.78 is 1.00. The lowest BCUT2D eigenvalue weighted by atomic mass is 10.1. The number of carbonyl (C=O) groups is 2. The Bertz CT molecular complexity index is 516. The molecule has 2 amide bonds. The fourth-order valence-corrected chi connectivity index (χ4v) is 2.56. The molecule has 4 nitrogen and oxygen atoms in total. The second kappa shape index (κ2) is 5.74. The van der Waals surface area contributed by atoms with Crippen molar-refractivity contribution in [3.8, 4) is 0 Å². The zero-order valence-electron chi connectivity index (χ0n) is 11.1. The first-order valence-electron chi connectivity index (χ1n) is 6.30. The predicted octanol–water partition coefficient (Wildman–Crippen LogP) is 2.11. The molecule has 1 aliphatic heterocycles. The van der Waals surface area contributed by atoms with E-state index >= 15 is 0 Å². The number of halogens is 1. The minimum Gasteiger partial charge on any atom is -0.352 e. The van der Waals surface area contributed by atoms with Gasteiger partial charge in [0.1, 0.15) is 0 Å². The van der Waals surface area contributed by atoms with Gasteiger partial charge in [0, 0.05) is 36.1 Å². The molecule has 2 rings (SSSR count). The molecule has 0 aromatic heterocycles. The summed E-state index contributed by atoms with van der Waals surface area (Å²) >= 11 is 3.43. The zero-order chi connectivity index (χ0) is 14.0.